The molecule has 1 aliphatic heterocycles. The van der Waals surface area contributed by atoms with Crippen molar-refractivity contribution >= 4 is 0 Å². The van der Waals surface area contributed by atoms with E-state index >= 15 is 0 Å². The molecule has 1 fully saturated rings. The van der Waals surface area contributed by atoms with Crippen molar-refractivity contribution < 1.29 is 68.7 Å². The van der Waals surface area contributed by atoms with Gasteiger partial charge in [0.1, 0.15) is 0 Å². The van der Waals surface area contributed by atoms with Crippen LogP contribution in [-0.4, -0.2) is 94.8 Å². The molecular weight excluding hydrogens is 507 g/mol. The van der Waals surface area contributed by atoms with Gasteiger partial charge in [0.15, 0.2) is 0 Å². The van der Waals surface area contributed by atoms with Crippen molar-refractivity contribution in [3.63, 3.8) is 0 Å². The quantitative estimate of drug-likeness (QED) is 0.353. The number of aliphatic hydroxyl groups excluding tert-OH is 2. The van der Waals surface area contributed by atoms with Gasteiger partial charge >= 0.3 is 24.1 Å². The zero-order chi connectivity index (χ0) is 28.2. The van der Waals surface area contributed by atoms with Gasteiger partial charge < -0.3 is 24.4 Å². The fourth-order valence-corrected chi connectivity index (χ4v) is 2.31. The summed E-state index contributed by atoms with van der Waals surface area (Å²) in [6, 6.07) is 0. The Morgan fingerprint density at radius 2 is 1.34 bits per heavy atom. The molecule has 0 aromatic rings. The molecule has 1 heterocycles. The summed E-state index contributed by atoms with van der Waals surface area (Å²) in [6.07, 6.45) is -9.04. The molecule has 15 heteroatoms. The van der Waals surface area contributed by atoms with Crippen molar-refractivity contribution in [1.82, 2.24) is 0 Å². The van der Waals surface area contributed by atoms with Gasteiger partial charge in [-0.3, -0.25) is 4.74 Å². The molecule has 0 radical (unpaired) electrons. The summed E-state index contributed by atoms with van der Waals surface area (Å²) in [4.78, 5) is 0. The van der Waals surface area contributed by atoms with Gasteiger partial charge in [0, 0.05) is 37.9 Å². The van der Waals surface area contributed by atoms with Gasteiger partial charge in [-0.15, -0.1) is 13.2 Å². The molecule has 2 N–H and O–H groups in total. The van der Waals surface area contributed by atoms with E-state index < -0.39 is 49.0 Å². The molecule has 0 bridgehead atoms. The third-order valence-corrected chi connectivity index (χ3v) is 4.69. The number of methoxy groups -OCH3 is 2. The van der Waals surface area contributed by atoms with Crippen molar-refractivity contribution in [2.45, 2.75) is 57.7 Å². The van der Waals surface area contributed by atoms with Crippen LogP contribution in [0.4, 0.5) is 39.5 Å². The lowest BCUT2D eigenvalue weighted by molar-refractivity contribution is -0.342. The predicted molar refractivity (Wildman–Crippen MR) is 107 cm³/mol. The zero-order valence-electron chi connectivity index (χ0n) is 20.3. The monoisotopic (exact) mass is 542 g/mol. The van der Waals surface area contributed by atoms with Gasteiger partial charge in [-0.25, -0.2) is 0 Å². The second-order valence-electron chi connectivity index (χ2n) is 8.68. The van der Waals surface area contributed by atoms with Gasteiger partial charge in [0.05, 0.1) is 46.2 Å². The highest BCUT2D eigenvalue weighted by atomic mass is 19.4. The van der Waals surface area contributed by atoms with Crippen LogP contribution in [0.25, 0.3) is 0 Å². The van der Waals surface area contributed by atoms with Crippen LogP contribution < -0.4 is 0 Å². The molecule has 0 atom stereocenters. The number of ether oxygens (including phenoxy) is 4. The minimum Gasteiger partial charge on any atom is -0.396 e. The third kappa shape index (κ3) is 12.8. The molecular formula is C20H35F9O6. The SMILES string of the molecule is CCC(F)(F)C(F)(F)C(F)(F)CCOC(F)(F)F.COCC(C)(CO)CO.COCC1(C)COC1. The Morgan fingerprint density at radius 3 is 1.57 bits per heavy atom. The van der Waals surface area contributed by atoms with Crippen molar-refractivity contribution in [3.05, 3.63) is 0 Å². The fraction of sp³-hybridized carbons (Fsp3) is 1.00. The van der Waals surface area contributed by atoms with Crippen LogP contribution in [0.15, 0.2) is 0 Å². The van der Waals surface area contributed by atoms with Crippen LogP contribution in [0, 0.1) is 10.8 Å². The maximum atomic E-state index is 12.8. The normalized spacial score (nSPS) is 16.5. The Labute approximate surface area is 198 Å². The average Bonchev–Trinajstić information content (AvgIpc) is 2.72. The Hall–Kier alpha value is -0.870. The highest BCUT2D eigenvalue weighted by Crippen LogP contribution is 2.48. The first kappa shape index (κ1) is 36.3. The number of halogens is 9. The summed E-state index contributed by atoms with van der Waals surface area (Å²) in [5, 5.41) is 17.4. The summed E-state index contributed by atoms with van der Waals surface area (Å²) in [6.45, 7) is 5.49. The van der Waals surface area contributed by atoms with E-state index in [-0.39, 0.29) is 13.2 Å². The molecule has 0 unspecified atom stereocenters. The molecule has 0 aliphatic carbocycles. The Balaban J connectivity index is 0. The van der Waals surface area contributed by atoms with Crippen LogP contribution >= 0.6 is 0 Å². The smallest absolute Gasteiger partial charge is 0.396 e. The number of alkyl halides is 9. The van der Waals surface area contributed by atoms with Crippen molar-refractivity contribution in [3.8, 4) is 0 Å². The van der Waals surface area contributed by atoms with Crippen molar-refractivity contribution in [2.24, 2.45) is 10.8 Å². The topological polar surface area (TPSA) is 77.4 Å². The lowest BCUT2D eigenvalue weighted by Crippen LogP contribution is -2.54. The van der Waals surface area contributed by atoms with Crippen LogP contribution in [-0.2, 0) is 18.9 Å². The first-order valence-corrected chi connectivity index (χ1v) is 10.3. The molecule has 0 saturated carbocycles. The molecule has 35 heavy (non-hydrogen) atoms. The predicted octanol–water partition coefficient (Wildman–Crippen LogP) is 4.52. The molecule has 0 amide bonds. The summed E-state index contributed by atoms with van der Waals surface area (Å²) < 4.78 is 128. The first-order chi connectivity index (χ1) is 15.7. The lowest BCUT2D eigenvalue weighted by atomic mass is 9.90. The minimum atomic E-state index is -5.75. The molecule has 6 nitrogen and oxygen atoms in total. The first-order valence-electron chi connectivity index (χ1n) is 10.3. The number of hydrogen-bond acceptors (Lipinski definition) is 6. The van der Waals surface area contributed by atoms with E-state index in [1.54, 1.807) is 21.1 Å². The lowest BCUT2D eigenvalue weighted by Gasteiger charge is -2.37. The largest absolute Gasteiger partial charge is 0.522 e. The number of rotatable bonds is 12. The molecule has 1 saturated heterocycles. The molecule has 0 aromatic carbocycles. The van der Waals surface area contributed by atoms with Gasteiger partial charge in [0.2, 0.25) is 0 Å². The van der Waals surface area contributed by atoms with E-state index in [1.165, 1.54) is 0 Å². The molecule has 214 valence electrons. The second kappa shape index (κ2) is 14.8. The summed E-state index contributed by atoms with van der Waals surface area (Å²) >= 11 is 0. The van der Waals surface area contributed by atoms with Gasteiger partial charge in [-0.1, -0.05) is 20.8 Å². The van der Waals surface area contributed by atoms with E-state index in [2.05, 4.69) is 11.7 Å². The number of hydrogen-bond donors (Lipinski definition) is 2. The van der Waals surface area contributed by atoms with Crippen LogP contribution in [0.2, 0.25) is 0 Å². The maximum absolute atomic E-state index is 12.8. The Bertz CT molecular complexity index is 566. The molecule has 1 aliphatic rings. The number of aliphatic hydroxyl groups is 2. The zero-order valence-corrected chi connectivity index (χ0v) is 20.3. The second-order valence-corrected chi connectivity index (χ2v) is 8.68. The standard InChI is InChI=1S/C8H9F9O.C6H14O3.C6H12O2/c1-2-5(9,10)7(13,14)6(11,12)3-4-18-8(15,16)17;1-6(3-7,4-8)5-9-2;1-6(3-7-2)4-8-5-6/h2-4H2,1H3;7-8H,3-5H2,1-2H3;3-5H2,1-2H3. The van der Waals surface area contributed by atoms with E-state index in [0.717, 1.165) is 19.8 Å². The van der Waals surface area contributed by atoms with E-state index in [1.807, 2.05) is 0 Å². The Kier molecular flexibility index (Phi) is 15.3. The highest BCUT2D eigenvalue weighted by Gasteiger charge is 2.70. The molecule has 1 rings (SSSR count). The average molecular weight is 542 g/mol. The fourth-order valence-electron chi connectivity index (χ4n) is 2.31. The maximum Gasteiger partial charge on any atom is 0.522 e. The summed E-state index contributed by atoms with van der Waals surface area (Å²) in [5.74, 6) is -16.1. The Morgan fingerprint density at radius 1 is 0.857 bits per heavy atom. The van der Waals surface area contributed by atoms with Crippen LogP contribution in [0.5, 0.6) is 0 Å². The van der Waals surface area contributed by atoms with Crippen LogP contribution in [0.3, 0.4) is 0 Å². The van der Waals surface area contributed by atoms with E-state index in [4.69, 9.17) is 24.4 Å². The molecule has 0 aromatic heterocycles. The van der Waals surface area contributed by atoms with Gasteiger partial charge in [-0.05, 0) is 0 Å². The third-order valence-electron chi connectivity index (χ3n) is 4.69. The summed E-state index contributed by atoms with van der Waals surface area (Å²) in [5.41, 5.74) is -0.149. The van der Waals surface area contributed by atoms with E-state index in [0.29, 0.717) is 18.9 Å². The van der Waals surface area contributed by atoms with E-state index in [9.17, 15) is 39.5 Å². The molecule has 0 spiro atoms. The van der Waals surface area contributed by atoms with Gasteiger partial charge in [-0.2, -0.15) is 26.3 Å². The highest BCUT2D eigenvalue weighted by molar-refractivity contribution is 4.95. The van der Waals surface area contributed by atoms with Crippen LogP contribution in [0.1, 0.15) is 33.6 Å². The summed E-state index contributed by atoms with van der Waals surface area (Å²) in [7, 11) is 3.27. The van der Waals surface area contributed by atoms with Crippen molar-refractivity contribution in [2.75, 3.05) is 60.5 Å². The minimum absolute atomic E-state index is 0.0443. The van der Waals surface area contributed by atoms with Gasteiger partial charge in [0.25, 0.3) is 0 Å². The van der Waals surface area contributed by atoms with Crippen molar-refractivity contribution in [1.29, 1.82) is 0 Å².